The normalized spacial score (nSPS) is 16.0. The Morgan fingerprint density at radius 2 is 1.96 bits per heavy atom. The topological polar surface area (TPSA) is 70.8 Å². The number of piperidine rings is 1. The number of benzene rings is 1. The second kappa shape index (κ2) is 6.07. The fourth-order valence-corrected chi connectivity index (χ4v) is 3.32. The molecule has 0 saturated carbocycles. The first-order valence-corrected chi connectivity index (χ1v) is 7.97. The Bertz CT molecular complexity index is 754. The predicted octanol–water partition coefficient (Wildman–Crippen LogP) is 3.38. The molecule has 1 amide bonds. The summed E-state index contributed by atoms with van der Waals surface area (Å²) in [6.07, 6.45) is 1.65. The monoisotopic (exact) mass is 315 g/mol. The SMILES string of the molecule is Cc1c(C(=O)N2CCC(CC(=O)O)CC2)oc2c(C)cccc12. The van der Waals surface area contributed by atoms with E-state index in [2.05, 4.69) is 0 Å². The molecule has 1 N–H and O–H groups in total. The third-order valence-electron chi connectivity index (χ3n) is 4.72. The lowest BCUT2D eigenvalue weighted by molar-refractivity contribution is -0.138. The van der Waals surface area contributed by atoms with Crippen LogP contribution in [0.2, 0.25) is 0 Å². The molecule has 0 unspecified atom stereocenters. The van der Waals surface area contributed by atoms with Gasteiger partial charge in [0.25, 0.3) is 5.91 Å². The maximum absolute atomic E-state index is 12.7. The van der Waals surface area contributed by atoms with E-state index in [1.807, 2.05) is 32.0 Å². The van der Waals surface area contributed by atoms with E-state index in [0.29, 0.717) is 18.8 Å². The zero-order chi connectivity index (χ0) is 16.6. The van der Waals surface area contributed by atoms with E-state index in [4.69, 9.17) is 9.52 Å². The van der Waals surface area contributed by atoms with Crippen LogP contribution in [0.15, 0.2) is 22.6 Å². The van der Waals surface area contributed by atoms with Gasteiger partial charge in [-0.3, -0.25) is 9.59 Å². The Labute approximate surface area is 134 Å². The van der Waals surface area contributed by atoms with E-state index in [1.54, 1.807) is 4.90 Å². The summed E-state index contributed by atoms with van der Waals surface area (Å²) >= 11 is 0. The minimum atomic E-state index is -0.765. The second-order valence-corrected chi connectivity index (χ2v) is 6.34. The number of carboxylic acids is 1. The zero-order valence-corrected chi connectivity index (χ0v) is 13.5. The fourth-order valence-electron chi connectivity index (χ4n) is 3.32. The third-order valence-corrected chi connectivity index (χ3v) is 4.72. The molecule has 0 aliphatic carbocycles. The minimum Gasteiger partial charge on any atom is -0.481 e. The summed E-state index contributed by atoms with van der Waals surface area (Å²) in [5.41, 5.74) is 2.67. The molecule has 0 spiro atoms. The van der Waals surface area contributed by atoms with Gasteiger partial charge < -0.3 is 14.4 Å². The summed E-state index contributed by atoms with van der Waals surface area (Å²) in [5.74, 6) is -0.285. The van der Waals surface area contributed by atoms with Crippen LogP contribution in [0, 0.1) is 19.8 Å². The number of furan rings is 1. The van der Waals surface area contributed by atoms with E-state index in [0.717, 1.165) is 34.9 Å². The van der Waals surface area contributed by atoms with Gasteiger partial charge in [0.2, 0.25) is 0 Å². The van der Waals surface area contributed by atoms with E-state index in [1.165, 1.54) is 0 Å². The average Bonchev–Trinajstić information content (AvgIpc) is 2.86. The number of nitrogens with zero attached hydrogens (tertiary/aromatic N) is 1. The molecule has 1 aromatic heterocycles. The molecule has 1 aromatic carbocycles. The molecule has 3 rings (SSSR count). The van der Waals surface area contributed by atoms with Gasteiger partial charge in [0.05, 0.1) is 0 Å². The van der Waals surface area contributed by atoms with Crippen LogP contribution in [0.4, 0.5) is 0 Å². The average molecular weight is 315 g/mol. The second-order valence-electron chi connectivity index (χ2n) is 6.34. The molecule has 23 heavy (non-hydrogen) atoms. The maximum Gasteiger partial charge on any atom is 0.303 e. The summed E-state index contributed by atoms with van der Waals surface area (Å²) in [7, 11) is 0. The lowest BCUT2D eigenvalue weighted by Gasteiger charge is -2.30. The summed E-state index contributed by atoms with van der Waals surface area (Å²) in [4.78, 5) is 25.3. The number of hydrogen-bond donors (Lipinski definition) is 1. The highest BCUT2D eigenvalue weighted by Gasteiger charge is 2.28. The highest BCUT2D eigenvalue weighted by atomic mass is 16.4. The number of carbonyl (C=O) groups excluding carboxylic acids is 1. The van der Waals surface area contributed by atoms with E-state index >= 15 is 0 Å². The minimum absolute atomic E-state index is 0.0909. The van der Waals surface area contributed by atoms with Crippen molar-refractivity contribution < 1.29 is 19.1 Å². The molecule has 1 fully saturated rings. The van der Waals surface area contributed by atoms with Crippen molar-refractivity contribution in [2.75, 3.05) is 13.1 Å². The standard InChI is InChI=1S/C18H21NO4/c1-11-4-3-5-14-12(2)17(23-16(11)14)18(22)19-8-6-13(7-9-19)10-15(20)21/h3-5,13H,6-10H2,1-2H3,(H,20,21). The lowest BCUT2D eigenvalue weighted by Crippen LogP contribution is -2.39. The molecule has 122 valence electrons. The van der Waals surface area contributed by atoms with Gasteiger partial charge in [-0.15, -0.1) is 0 Å². The van der Waals surface area contributed by atoms with Gasteiger partial charge in [0.15, 0.2) is 5.76 Å². The van der Waals surface area contributed by atoms with E-state index in [9.17, 15) is 9.59 Å². The van der Waals surface area contributed by atoms with Gasteiger partial charge in [-0.2, -0.15) is 0 Å². The van der Waals surface area contributed by atoms with Crippen LogP contribution < -0.4 is 0 Å². The summed E-state index contributed by atoms with van der Waals surface area (Å²) in [6.45, 7) is 5.06. The predicted molar refractivity (Wildman–Crippen MR) is 86.6 cm³/mol. The Morgan fingerprint density at radius 3 is 2.57 bits per heavy atom. The Hall–Kier alpha value is -2.30. The van der Waals surface area contributed by atoms with Crippen LogP contribution in [-0.2, 0) is 4.79 Å². The zero-order valence-electron chi connectivity index (χ0n) is 13.5. The molecule has 2 aromatic rings. The van der Waals surface area contributed by atoms with E-state index in [-0.39, 0.29) is 18.2 Å². The Balaban J connectivity index is 1.78. The quantitative estimate of drug-likeness (QED) is 0.942. The van der Waals surface area contributed by atoms with Crippen molar-refractivity contribution in [2.45, 2.75) is 33.1 Å². The van der Waals surface area contributed by atoms with Crippen molar-refractivity contribution in [3.8, 4) is 0 Å². The highest BCUT2D eigenvalue weighted by molar-refractivity contribution is 5.99. The van der Waals surface area contributed by atoms with Crippen LogP contribution in [0.3, 0.4) is 0 Å². The molecule has 0 bridgehead atoms. The van der Waals surface area contributed by atoms with Gasteiger partial charge in [0, 0.05) is 30.5 Å². The molecule has 2 heterocycles. The van der Waals surface area contributed by atoms with Crippen LogP contribution >= 0.6 is 0 Å². The fraction of sp³-hybridized carbons (Fsp3) is 0.444. The first-order valence-electron chi connectivity index (χ1n) is 7.97. The number of amides is 1. The van der Waals surface area contributed by atoms with Crippen LogP contribution in [-0.4, -0.2) is 35.0 Å². The largest absolute Gasteiger partial charge is 0.481 e. The van der Waals surface area contributed by atoms with Crippen LogP contribution in [0.5, 0.6) is 0 Å². The number of aliphatic carboxylic acids is 1. The number of para-hydroxylation sites is 1. The smallest absolute Gasteiger partial charge is 0.303 e. The summed E-state index contributed by atoms with van der Waals surface area (Å²) in [6, 6.07) is 5.90. The molecular weight excluding hydrogens is 294 g/mol. The van der Waals surface area contributed by atoms with Crippen LogP contribution in [0.1, 0.15) is 40.9 Å². The maximum atomic E-state index is 12.7. The van der Waals surface area contributed by atoms with Gasteiger partial charge in [-0.1, -0.05) is 18.2 Å². The first kappa shape index (κ1) is 15.6. The number of rotatable bonds is 3. The highest BCUT2D eigenvalue weighted by Crippen LogP contribution is 2.30. The van der Waals surface area contributed by atoms with Crippen molar-refractivity contribution in [3.63, 3.8) is 0 Å². The summed E-state index contributed by atoms with van der Waals surface area (Å²) < 4.78 is 5.85. The number of aryl methyl sites for hydroxylation is 2. The van der Waals surface area contributed by atoms with Crippen molar-refractivity contribution in [3.05, 3.63) is 35.1 Å². The van der Waals surface area contributed by atoms with Crippen molar-refractivity contribution in [1.29, 1.82) is 0 Å². The molecular formula is C18H21NO4. The molecule has 0 radical (unpaired) electrons. The molecule has 5 heteroatoms. The summed E-state index contributed by atoms with van der Waals surface area (Å²) in [5, 5.41) is 9.85. The molecule has 1 aliphatic heterocycles. The number of likely N-dealkylation sites (tertiary alicyclic amines) is 1. The first-order chi connectivity index (χ1) is 11.0. The third kappa shape index (κ3) is 2.96. The van der Waals surface area contributed by atoms with Gasteiger partial charge in [0.1, 0.15) is 5.58 Å². The van der Waals surface area contributed by atoms with Crippen molar-refractivity contribution in [2.24, 2.45) is 5.92 Å². The van der Waals surface area contributed by atoms with Gasteiger partial charge >= 0.3 is 5.97 Å². The Kier molecular flexibility index (Phi) is 4.11. The van der Waals surface area contributed by atoms with Crippen molar-refractivity contribution >= 4 is 22.8 Å². The van der Waals surface area contributed by atoms with Gasteiger partial charge in [-0.05, 0) is 38.2 Å². The molecule has 1 aliphatic rings. The number of carboxylic acid groups (broad SMARTS) is 1. The molecule has 1 saturated heterocycles. The van der Waals surface area contributed by atoms with Crippen LogP contribution in [0.25, 0.3) is 11.0 Å². The van der Waals surface area contributed by atoms with Crippen molar-refractivity contribution in [1.82, 2.24) is 4.90 Å². The molecule has 0 atom stereocenters. The number of hydrogen-bond acceptors (Lipinski definition) is 3. The number of fused-ring (bicyclic) bond motifs is 1. The lowest BCUT2D eigenvalue weighted by atomic mass is 9.93. The van der Waals surface area contributed by atoms with E-state index < -0.39 is 5.97 Å². The van der Waals surface area contributed by atoms with Gasteiger partial charge in [-0.25, -0.2) is 0 Å². The molecule has 5 nitrogen and oxygen atoms in total. The Morgan fingerprint density at radius 1 is 1.26 bits per heavy atom. The number of carbonyl (C=O) groups is 2.